The molecule has 0 aliphatic rings. The Morgan fingerprint density at radius 1 is 1.29 bits per heavy atom. The smallest absolute Gasteiger partial charge is 0.277 e. The second-order valence-corrected chi connectivity index (χ2v) is 7.24. The zero-order valence-corrected chi connectivity index (χ0v) is 14.2. The predicted molar refractivity (Wildman–Crippen MR) is 81.2 cm³/mol. The van der Waals surface area contributed by atoms with Crippen LogP contribution in [-0.2, 0) is 15.0 Å². The summed E-state index contributed by atoms with van der Waals surface area (Å²) >= 11 is 1.17. The lowest BCUT2D eigenvalue weighted by Crippen LogP contribution is -2.44. The SMILES string of the molecule is CC(=O)C(NC(=O)CSc1nnc(C(C)(C)C)o1)C(C)C. The molecule has 0 aliphatic carbocycles. The van der Waals surface area contributed by atoms with Gasteiger partial charge in [-0.1, -0.05) is 46.4 Å². The lowest BCUT2D eigenvalue weighted by Gasteiger charge is -2.19. The van der Waals surface area contributed by atoms with Crippen molar-refractivity contribution in [2.75, 3.05) is 5.75 Å². The predicted octanol–water partition coefficient (Wildman–Crippen LogP) is 2.19. The van der Waals surface area contributed by atoms with E-state index in [1.165, 1.54) is 18.7 Å². The minimum absolute atomic E-state index is 0.0452. The fraction of sp³-hybridized carbons (Fsp3) is 0.714. The Hall–Kier alpha value is -1.37. The molecule has 7 heteroatoms. The van der Waals surface area contributed by atoms with Crippen LogP contribution in [0.3, 0.4) is 0 Å². The first-order valence-corrected chi connectivity index (χ1v) is 7.86. The van der Waals surface area contributed by atoms with E-state index >= 15 is 0 Å². The van der Waals surface area contributed by atoms with Gasteiger partial charge in [0.15, 0.2) is 5.78 Å². The zero-order valence-electron chi connectivity index (χ0n) is 13.4. The van der Waals surface area contributed by atoms with E-state index in [2.05, 4.69) is 15.5 Å². The number of carbonyl (C=O) groups is 2. The van der Waals surface area contributed by atoms with Gasteiger partial charge in [-0.3, -0.25) is 9.59 Å². The highest BCUT2D eigenvalue weighted by atomic mass is 32.2. The molecule has 0 radical (unpaired) electrons. The molecule has 1 amide bonds. The molecule has 1 N–H and O–H groups in total. The molecule has 0 aliphatic heterocycles. The van der Waals surface area contributed by atoms with Gasteiger partial charge in [0.05, 0.1) is 11.8 Å². The van der Waals surface area contributed by atoms with Gasteiger partial charge in [-0.15, -0.1) is 10.2 Å². The molecular formula is C14H23N3O3S. The summed E-state index contributed by atoms with van der Waals surface area (Å²) in [5.74, 6) is 0.476. The minimum atomic E-state index is -0.453. The number of ketones is 1. The van der Waals surface area contributed by atoms with Crippen LogP contribution in [0.2, 0.25) is 0 Å². The van der Waals surface area contributed by atoms with Crippen molar-refractivity contribution in [3.8, 4) is 0 Å². The Bertz CT molecular complexity index is 506. The van der Waals surface area contributed by atoms with E-state index in [-0.39, 0.29) is 28.8 Å². The number of aromatic nitrogens is 2. The highest BCUT2D eigenvalue weighted by molar-refractivity contribution is 7.99. The molecule has 0 fully saturated rings. The third-order valence-corrected chi connectivity index (χ3v) is 3.61. The summed E-state index contributed by atoms with van der Waals surface area (Å²) < 4.78 is 5.49. The summed E-state index contributed by atoms with van der Waals surface area (Å²) in [7, 11) is 0. The second kappa shape index (κ2) is 7.06. The third-order valence-electron chi connectivity index (χ3n) is 2.80. The Balaban J connectivity index is 2.53. The maximum Gasteiger partial charge on any atom is 0.277 e. The number of carbonyl (C=O) groups excluding carboxylic acids is 2. The van der Waals surface area contributed by atoms with Gasteiger partial charge in [0.25, 0.3) is 5.22 Å². The number of hydrogen-bond acceptors (Lipinski definition) is 6. The van der Waals surface area contributed by atoms with E-state index in [1.54, 1.807) is 0 Å². The van der Waals surface area contributed by atoms with Gasteiger partial charge >= 0.3 is 0 Å². The molecule has 0 saturated heterocycles. The standard InChI is InChI=1S/C14H23N3O3S/c1-8(2)11(9(3)18)15-10(19)7-21-13-17-16-12(20-13)14(4,5)6/h8,11H,7H2,1-6H3,(H,15,19). The molecule has 0 bridgehead atoms. The highest BCUT2D eigenvalue weighted by Gasteiger charge is 2.23. The summed E-state index contributed by atoms with van der Waals surface area (Å²) in [6, 6.07) is -0.453. The monoisotopic (exact) mass is 313 g/mol. The number of Topliss-reactive ketones (excluding diaryl/α,β-unsaturated/α-hetero) is 1. The van der Waals surface area contributed by atoms with Gasteiger partial charge in [0.1, 0.15) is 0 Å². The molecule has 1 unspecified atom stereocenters. The van der Waals surface area contributed by atoms with Gasteiger partial charge < -0.3 is 9.73 Å². The van der Waals surface area contributed by atoms with Gasteiger partial charge in [-0.2, -0.15) is 0 Å². The molecule has 1 aromatic heterocycles. The van der Waals surface area contributed by atoms with Crippen molar-refractivity contribution in [2.45, 2.75) is 58.2 Å². The normalized spacial score (nSPS) is 13.3. The van der Waals surface area contributed by atoms with Crippen LogP contribution in [0.4, 0.5) is 0 Å². The molecule has 21 heavy (non-hydrogen) atoms. The Morgan fingerprint density at radius 3 is 2.33 bits per heavy atom. The fourth-order valence-corrected chi connectivity index (χ4v) is 2.23. The van der Waals surface area contributed by atoms with E-state index in [0.717, 1.165) is 0 Å². The second-order valence-electron chi connectivity index (χ2n) is 6.31. The van der Waals surface area contributed by atoms with Crippen molar-refractivity contribution in [2.24, 2.45) is 5.92 Å². The van der Waals surface area contributed by atoms with Crippen LogP contribution >= 0.6 is 11.8 Å². The number of amides is 1. The Morgan fingerprint density at radius 2 is 1.90 bits per heavy atom. The molecule has 0 spiro atoms. The van der Waals surface area contributed by atoms with E-state index in [0.29, 0.717) is 11.1 Å². The zero-order chi connectivity index (χ0) is 16.2. The molecule has 1 aromatic rings. The van der Waals surface area contributed by atoms with Crippen molar-refractivity contribution in [1.29, 1.82) is 0 Å². The molecule has 1 heterocycles. The molecule has 1 rings (SSSR count). The molecular weight excluding hydrogens is 290 g/mol. The van der Waals surface area contributed by atoms with Crippen LogP contribution < -0.4 is 5.32 Å². The summed E-state index contributed by atoms with van der Waals surface area (Å²) in [6.45, 7) is 11.2. The molecule has 6 nitrogen and oxygen atoms in total. The van der Waals surface area contributed by atoms with Crippen molar-refractivity contribution in [1.82, 2.24) is 15.5 Å². The van der Waals surface area contributed by atoms with Crippen molar-refractivity contribution < 1.29 is 14.0 Å². The van der Waals surface area contributed by atoms with E-state index in [9.17, 15) is 9.59 Å². The first kappa shape index (κ1) is 17.7. The maximum absolute atomic E-state index is 11.9. The van der Waals surface area contributed by atoms with Crippen molar-refractivity contribution >= 4 is 23.5 Å². The van der Waals surface area contributed by atoms with E-state index < -0.39 is 6.04 Å². The van der Waals surface area contributed by atoms with Gasteiger partial charge in [-0.05, 0) is 12.8 Å². The number of hydrogen-bond donors (Lipinski definition) is 1. The minimum Gasteiger partial charge on any atom is -0.415 e. The maximum atomic E-state index is 11.9. The summed E-state index contributed by atoms with van der Waals surface area (Å²) in [5.41, 5.74) is -0.217. The van der Waals surface area contributed by atoms with Crippen LogP contribution in [0.1, 0.15) is 47.4 Å². The number of nitrogens with zero attached hydrogens (tertiary/aromatic N) is 2. The van der Waals surface area contributed by atoms with E-state index in [4.69, 9.17) is 4.42 Å². The number of nitrogens with one attached hydrogen (secondary N) is 1. The van der Waals surface area contributed by atoms with Crippen LogP contribution in [0.5, 0.6) is 0 Å². The Kier molecular flexibility index (Phi) is 5.95. The first-order valence-electron chi connectivity index (χ1n) is 6.88. The van der Waals surface area contributed by atoms with Gasteiger partial charge in [0, 0.05) is 5.41 Å². The lowest BCUT2D eigenvalue weighted by atomic mass is 9.97. The Labute approximate surface area is 129 Å². The molecule has 1 atom stereocenters. The van der Waals surface area contributed by atoms with Crippen LogP contribution in [0.15, 0.2) is 9.64 Å². The number of thioether (sulfide) groups is 1. The summed E-state index contributed by atoms with van der Waals surface area (Å²) in [6.07, 6.45) is 0. The topological polar surface area (TPSA) is 85.1 Å². The van der Waals surface area contributed by atoms with Crippen LogP contribution in [0.25, 0.3) is 0 Å². The van der Waals surface area contributed by atoms with Crippen molar-refractivity contribution in [3.63, 3.8) is 0 Å². The lowest BCUT2D eigenvalue weighted by molar-refractivity contribution is -0.126. The average Bonchev–Trinajstić information content (AvgIpc) is 2.81. The number of rotatable bonds is 6. The van der Waals surface area contributed by atoms with Crippen molar-refractivity contribution in [3.05, 3.63) is 5.89 Å². The van der Waals surface area contributed by atoms with Crippen LogP contribution in [0, 0.1) is 5.92 Å². The van der Waals surface area contributed by atoms with Gasteiger partial charge in [-0.25, -0.2) is 0 Å². The molecule has 0 saturated carbocycles. The quantitative estimate of drug-likeness (QED) is 0.810. The molecule has 118 valence electrons. The summed E-state index contributed by atoms with van der Waals surface area (Å²) in [4.78, 5) is 23.3. The van der Waals surface area contributed by atoms with E-state index in [1.807, 2.05) is 34.6 Å². The average molecular weight is 313 g/mol. The molecule has 0 aromatic carbocycles. The van der Waals surface area contributed by atoms with Crippen LogP contribution in [-0.4, -0.2) is 33.7 Å². The summed E-state index contributed by atoms with van der Waals surface area (Å²) in [5, 5.41) is 10.9. The highest BCUT2D eigenvalue weighted by Crippen LogP contribution is 2.24. The first-order chi connectivity index (χ1) is 9.61. The third kappa shape index (κ3) is 5.49. The fourth-order valence-electron chi connectivity index (χ4n) is 1.65. The van der Waals surface area contributed by atoms with Gasteiger partial charge in [0.2, 0.25) is 11.8 Å². The largest absolute Gasteiger partial charge is 0.415 e.